The van der Waals surface area contributed by atoms with E-state index >= 15 is 0 Å². The van der Waals surface area contributed by atoms with E-state index in [1.807, 2.05) is 23.1 Å². The molecule has 0 atom stereocenters. The second-order valence-electron chi connectivity index (χ2n) is 6.91. The first-order valence-electron chi connectivity index (χ1n) is 9.40. The van der Waals surface area contributed by atoms with Crippen LogP contribution in [0.3, 0.4) is 0 Å². The summed E-state index contributed by atoms with van der Waals surface area (Å²) >= 11 is 0. The van der Waals surface area contributed by atoms with Crippen LogP contribution in [0.5, 0.6) is 0 Å². The number of nitrogens with one attached hydrogen (secondary N) is 1. The lowest BCUT2D eigenvalue weighted by molar-refractivity contribution is -0.384. The summed E-state index contributed by atoms with van der Waals surface area (Å²) in [7, 11) is 0. The van der Waals surface area contributed by atoms with Gasteiger partial charge in [0, 0.05) is 30.8 Å². The van der Waals surface area contributed by atoms with Crippen molar-refractivity contribution in [2.24, 2.45) is 0 Å². The van der Waals surface area contributed by atoms with Gasteiger partial charge in [0.15, 0.2) is 5.69 Å². The van der Waals surface area contributed by atoms with Crippen LogP contribution in [0, 0.1) is 10.1 Å². The second-order valence-corrected chi connectivity index (χ2v) is 6.91. The fourth-order valence-electron chi connectivity index (χ4n) is 3.49. The van der Waals surface area contributed by atoms with E-state index in [4.69, 9.17) is 4.42 Å². The summed E-state index contributed by atoms with van der Waals surface area (Å²) in [5.74, 6) is 0.561. The van der Waals surface area contributed by atoms with Crippen molar-refractivity contribution in [2.45, 2.75) is 18.9 Å². The van der Waals surface area contributed by atoms with E-state index < -0.39 is 4.92 Å². The summed E-state index contributed by atoms with van der Waals surface area (Å²) in [4.78, 5) is 29.7. The highest BCUT2D eigenvalue weighted by Gasteiger charge is 2.25. The molecule has 8 nitrogen and oxygen atoms in total. The number of piperidine rings is 1. The number of hydrogen-bond acceptors (Lipinski definition) is 6. The summed E-state index contributed by atoms with van der Waals surface area (Å²) in [5.41, 5.74) is 1.57. The third-order valence-electron chi connectivity index (χ3n) is 5.02. The summed E-state index contributed by atoms with van der Waals surface area (Å²) < 4.78 is 4.98. The van der Waals surface area contributed by atoms with Crippen molar-refractivity contribution in [2.75, 3.05) is 18.4 Å². The van der Waals surface area contributed by atoms with Crippen LogP contribution in [-0.2, 0) is 0 Å². The Kier molecular flexibility index (Phi) is 5.24. The minimum Gasteiger partial charge on any atom is -0.472 e. The van der Waals surface area contributed by atoms with Gasteiger partial charge in [-0.3, -0.25) is 14.9 Å². The molecule has 0 spiro atoms. The summed E-state index contributed by atoms with van der Waals surface area (Å²) in [5, 5.41) is 14.8. The maximum atomic E-state index is 12.4. The highest BCUT2D eigenvalue weighted by molar-refractivity contribution is 5.93. The Bertz CT molecular complexity index is 997. The standard InChI is InChI=1S/C21H20N4O4/c26-21(16-10-13-29-14-16)24-11-8-17(9-12-24)22-19-7-6-18(25(27)28)20(23-19)15-4-2-1-3-5-15/h1-7,10,13-14,17H,8-9,11-12H2,(H,22,23). The quantitative estimate of drug-likeness (QED) is 0.521. The Labute approximate surface area is 167 Å². The highest BCUT2D eigenvalue weighted by Crippen LogP contribution is 2.30. The maximum Gasteiger partial charge on any atom is 0.295 e. The normalized spacial score (nSPS) is 14.6. The van der Waals surface area contributed by atoms with Gasteiger partial charge in [0.2, 0.25) is 0 Å². The molecular weight excluding hydrogens is 372 g/mol. The third-order valence-corrected chi connectivity index (χ3v) is 5.02. The molecule has 1 saturated heterocycles. The van der Waals surface area contributed by atoms with E-state index in [1.165, 1.54) is 18.6 Å². The maximum absolute atomic E-state index is 12.4. The van der Waals surface area contributed by atoms with Gasteiger partial charge in [0.25, 0.3) is 11.6 Å². The van der Waals surface area contributed by atoms with E-state index in [2.05, 4.69) is 10.3 Å². The molecule has 0 saturated carbocycles. The molecule has 148 valence electrons. The Balaban J connectivity index is 1.45. The number of nitro groups is 1. The molecule has 4 rings (SSSR count). The van der Waals surface area contributed by atoms with E-state index in [0.717, 1.165) is 12.8 Å². The van der Waals surface area contributed by atoms with Gasteiger partial charge in [-0.25, -0.2) is 4.98 Å². The number of rotatable bonds is 5. The fourth-order valence-corrected chi connectivity index (χ4v) is 3.49. The zero-order valence-corrected chi connectivity index (χ0v) is 15.7. The predicted octanol–water partition coefficient (Wildman–Crippen LogP) is 3.97. The van der Waals surface area contributed by atoms with Crippen LogP contribution in [0.25, 0.3) is 11.3 Å². The third kappa shape index (κ3) is 4.11. The van der Waals surface area contributed by atoms with Crippen LogP contribution in [0.1, 0.15) is 23.2 Å². The summed E-state index contributed by atoms with van der Waals surface area (Å²) in [6, 6.07) is 14.0. The molecule has 1 amide bonds. The Morgan fingerprint density at radius 1 is 1.14 bits per heavy atom. The van der Waals surface area contributed by atoms with E-state index in [0.29, 0.717) is 35.7 Å². The Morgan fingerprint density at radius 2 is 1.90 bits per heavy atom. The number of benzene rings is 1. The van der Waals surface area contributed by atoms with Crippen molar-refractivity contribution in [3.8, 4) is 11.3 Å². The number of aromatic nitrogens is 1. The Morgan fingerprint density at radius 3 is 2.55 bits per heavy atom. The van der Waals surface area contributed by atoms with Crippen LogP contribution < -0.4 is 5.32 Å². The topological polar surface area (TPSA) is 102 Å². The van der Waals surface area contributed by atoms with Crippen LogP contribution in [0.2, 0.25) is 0 Å². The van der Waals surface area contributed by atoms with Crippen molar-refractivity contribution < 1.29 is 14.1 Å². The van der Waals surface area contributed by atoms with E-state index in [-0.39, 0.29) is 17.6 Å². The van der Waals surface area contributed by atoms with Gasteiger partial charge >= 0.3 is 0 Å². The molecule has 1 N–H and O–H groups in total. The SMILES string of the molecule is O=C(c1ccoc1)N1CCC(Nc2ccc([N+](=O)[O-])c(-c3ccccc3)n2)CC1. The number of nitrogens with zero attached hydrogens (tertiary/aromatic N) is 3. The number of likely N-dealkylation sites (tertiary alicyclic amines) is 1. The van der Waals surface area contributed by atoms with Gasteiger partial charge in [-0.1, -0.05) is 30.3 Å². The predicted molar refractivity (Wildman–Crippen MR) is 108 cm³/mol. The first-order chi connectivity index (χ1) is 14.1. The molecule has 3 heterocycles. The van der Waals surface area contributed by atoms with Crippen molar-refractivity contribution in [1.82, 2.24) is 9.88 Å². The minimum atomic E-state index is -0.418. The molecule has 1 fully saturated rings. The van der Waals surface area contributed by atoms with Gasteiger partial charge in [0.1, 0.15) is 12.1 Å². The zero-order chi connectivity index (χ0) is 20.2. The van der Waals surface area contributed by atoms with Gasteiger partial charge < -0.3 is 14.6 Å². The number of hydrogen-bond donors (Lipinski definition) is 1. The number of carbonyl (C=O) groups excluding carboxylic acids is 1. The molecule has 0 radical (unpaired) electrons. The largest absolute Gasteiger partial charge is 0.472 e. The van der Waals surface area contributed by atoms with Crippen LogP contribution in [0.15, 0.2) is 65.5 Å². The molecule has 8 heteroatoms. The molecule has 1 aliphatic rings. The Hall–Kier alpha value is -3.68. The summed E-state index contributed by atoms with van der Waals surface area (Å²) in [6.07, 6.45) is 4.48. The van der Waals surface area contributed by atoms with Crippen LogP contribution >= 0.6 is 0 Å². The average molecular weight is 392 g/mol. The fraction of sp³-hybridized carbons (Fsp3) is 0.238. The molecule has 2 aromatic heterocycles. The number of anilines is 1. The second kappa shape index (κ2) is 8.14. The van der Waals surface area contributed by atoms with Crippen molar-refractivity contribution >= 4 is 17.4 Å². The lowest BCUT2D eigenvalue weighted by Crippen LogP contribution is -2.42. The molecule has 0 unspecified atom stereocenters. The van der Waals surface area contributed by atoms with Crippen molar-refractivity contribution in [1.29, 1.82) is 0 Å². The van der Waals surface area contributed by atoms with Crippen LogP contribution in [0.4, 0.5) is 11.5 Å². The smallest absolute Gasteiger partial charge is 0.295 e. The first-order valence-corrected chi connectivity index (χ1v) is 9.40. The van der Waals surface area contributed by atoms with E-state index in [9.17, 15) is 14.9 Å². The molecule has 1 aliphatic heterocycles. The number of carbonyl (C=O) groups is 1. The monoisotopic (exact) mass is 392 g/mol. The van der Waals surface area contributed by atoms with Crippen molar-refractivity contribution in [3.05, 3.63) is 76.7 Å². The zero-order valence-electron chi connectivity index (χ0n) is 15.7. The van der Waals surface area contributed by atoms with Crippen LogP contribution in [-0.4, -0.2) is 39.8 Å². The molecule has 29 heavy (non-hydrogen) atoms. The molecule has 0 bridgehead atoms. The average Bonchev–Trinajstić information content (AvgIpc) is 3.29. The number of amides is 1. The molecule has 1 aromatic carbocycles. The van der Waals surface area contributed by atoms with Gasteiger partial charge in [0.05, 0.1) is 16.7 Å². The lowest BCUT2D eigenvalue weighted by atomic mass is 10.0. The molecular formula is C21H20N4O4. The minimum absolute atomic E-state index is 0.0257. The number of furan rings is 1. The lowest BCUT2D eigenvalue weighted by Gasteiger charge is -2.32. The molecule has 3 aromatic rings. The highest BCUT2D eigenvalue weighted by atomic mass is 16.6. The van der Waals surface area contributed by atoms with Crippen molar-refractivity contribution in [3.63, 3.8) is 0 Å². The van der Waals surface area contributed by atoms with E-state index in [1.54, 1.807) is 24.3 Å². The van der Waals surface area contributed by atoms with Gasteiger partial charge in [-0.05, 0) is 25.0 Å². The molecule has 0 aliphatic carbocycles. The van der Waals surface area contributed by atoms with Gasteiger partial charge in [-0.15, -0.1) is 0 Å². The summed E-state index contributed by atoms with van der Waals surface area (Å²) in [6.45, 7) is 1.25. The van der Waals surface area contributed by atoms with Gasteiger partial charge in [-0.2, -0.15) is 0 Å². The first kappa shape index (κ1) is 18.7. The number of pyridine rings is 1.